The van der Waals surface area contributed by atoms with E-state index in [9.17, 15) is 4.79 Å². The van der Waals surface area contributed by atoms with Gasteiger partial charge in [0.15, 0.2) is 0 Å². The molecule has 0 aliphatic carbocycles. The van der Waals surface area contributed by atoms with Gasteiger partial charge in [0.2, 0.25) is 0 Å². The molecule has 0 spiro atoms. The van der Waals surface area contributed by atoms with Crippen LogP contribution in [0.4, 0.5) is 0 Å². The minimum absolute atomic E-state index is 0.129. The predicted octanol–water partition coefficient (Wildman–Crippen LogP) is 1.80. The number of carboxylic acid groups (broad SMARTS) is 1. The maximum Gasteiger partial charge on any atom is 0.307 e. The number of benzene rings is 1. The monoisotopic (exact) mass is 211 g/mol. The van der Waals surface area contributed by atoms with Gasteiger partial charge in [0.05, 0.1) is 19.0 Å². The lowest BCUT2D eigenvalue weighted by Gasteiger charge is -2.00. The molecular weight excluding hydrogens is 194 g/mol. The van der Waals surface area contributed by atoms with Crippen LogP contribution in [0.1, 0.15) is 13.8 Å². The molecule has 78 valence electrons. The van der Waals surface area contributed by atoms with Crippen LogP contribution in [-0.4, -0.2) is 23.2 Å². The van der Waals surface area contributed by atoms with Crippen molar-refractivity contribution in [1.29, 1.82) is 0 Å². The number of rotatable bonds is 3. The maximum absolute atomic E-state index is 11.1. The zero-order valence-corrected chi connectivity index (χ0v) is 7.76. The fraction of sp³-hybridized carbons (Fsp3) is 0.182. The van der Waals surface area contributed by atoms with E-state index in [2.05, 4.69) is 4.98 Å². The molecule has 0 radical (unpaired) electrons. The second-order valence-corrected chi connectivity index (χ2v) is 2.71. The van der Waals surface area contributed by atoms with Crippen molar-refractivity contribution < 1.29 is 22.9 Å². The van der Waals surface area contributed by atoms with Crippen LogP contribution in [0, 0.1) is 0 Å². The molecule has 4 heteroatoms. The van der Waals surface area contributed by atoms with E-state index in [0.717, 1.165) is 0 Å². The fourth-order valence-corrected chi connectivity index (χ4v) is 1.16. The molecule has 1 heterocycles. The largest absolute Gasteiger partial charge is 0.497 e. The molecule has 0 saturated heterocycles. The van der Waals surface area contributed by atoms with Crippen molar-refractivity contribution in [3.8, 4) is 5.75 Å². The number of aromatic amines is 1. The van der Waals surface area contributed by atoms with Gasteiger partial charge in [-0.1, -0.05) is 0 Å². The average molecular weight is 211 g/mol. The Morgan fingerprint density at radius 1 is 1.73 bits per heavy atom. The third-order valence-corrected chi connectivity index (χ3v) is 1.79. The van der Waals surface area contributed by atoms with Crippen LogP contribution < -0.4 is 4.74 Å². The van der Waals surface area contributed by atoms with Crippen molar-refractivity contribution in [2.45, 2.75) is 6.37 Å². The number of carboxylic acids is 1. The highest BCUT2D eigenvalue weighted by atomic mass is 16.5. The van der Waals surface area contributed by atoms with Crippen LogP contribution in [0.2, 0.25) is 0 Å². The number of methoxy groups -OCH3 is 1. The summed E-state index contributed by atoms with van der Waals surface area (Å²) in [4.78, 5) is 13.5. The smallest absolute Gasteiger partial charge is 0.307 e. The summed E-state index contributed by atoms with van der Waals surface area (Å²) in [7, 11) is 1.19. The van der Waals surface area contributed by atoms with E-state index in [1.54, 1.807) is 0 Å². The Kier molecular flexibility index (Phi) is 1.14. The summed E-state index contributed by atoms with van der Waals surface area (Å²) in [5, 5.41) is 8.76. The van der Waals surface area contributed by atoms with Gasteiger partial charge in [-0.2, -0.15) is 0 Å². The van der Waals surface area contributed by atoms with Crippen molar-refractivity contribution in [1.82, 2.24) is 4.98 Å². The second-order valence-electron chi connectivity index (χ2n) is 2.71. The number of aliphatic carboxylic acids is 1. The van der Waals surface area contributed by atoms with Crippen LogP contribution in [0.25, 0.3) is 10.9 Å². The number of hydrogen-bond donors (Lipinski definition) is 2. The molecule has 0 fully saturated rings. The number of hydrogen-bond acceptors (Lipinski definition) is 2. The predicted molar refractivity (Wildman–Crippen MR) is 56.2 cm³/mol. The van der Waals surface area contributed by atoms with E-state index in [1.165, 1.54) is 7.11 Å². The van der Waals surface area contributed by atoms with Crippen molar-refractivity contribution in [2.24, 2.45) is 0 Å². The van der Waals surface area contributed by atoms with Gasteiger partial charge < -0.3 is 14.8 Å². The highest BCUT2D eigenvalue weighted by Crippen LogP contribution is 2.23. The second kappa shape index (κ2) is 3.65. The van der Waals surface area contributed by atoms with Crippen LogP contribution in [0.5, 0.6) is 5.75 Å². The normalized spacial score (nSPS) is 17.1. The molecule has 0 unspecified atom stereocenters. The number of fused-ring (bicyclic) bond motifs is 1. The number of H-pyrrole nitrogens is 1. The van der Waals surface area contributed by atoms with Gasteiger partial charge in [-0.25, -0.2) is 0 Å². The summed E-state index contributed by atoms with van der Waals surface area (Å²) >= 11 is 0. The molecule has 2 aromatic rings. The summed E-state index contributed by atoms with van der Waals surface area (Å²) in [6.07, 6.45) is -3.46. The SMILES string of the molecule is [2H]c1[nH]c2c([2H])c([2H])c(OC)c([2H])c2c1C([2H])([2H])C(=O)O. The third kappa shape index (κ3) is 1.79. The van der Waals surface area contributed by atoms with Crippen LogP contribution in [0.15, 0.2) is 24.3 Å². The zero-order valence-electron chi connectivity index (χ0n) is 13.8. The van der Waals surface area contributed by atoms with Gasteiger partial charge >= 0.3 is 5.97 Å². The number of ether oxygens (including phenoxy) is 1. The Hall–Kier alpha value is -1.97. The van der Waals surface area contributed by atoms with Gasteiger partial charge in [-0.15, -0.1) is 0 Å². The van der Waals surface area contributed by atoms with Gasteiger partial charge in [-0.05, 0) is 23.7 Å². The quantitative estimate of drug-likeness (QED) is 0.813. The van der Waals surface area contributed by atoms with Crippen LogP contribution in [0.3, 0.4) is 0 Å². The topological polar surface area (TPSA) is 62.3 Å². The first kappa shape index (κ1) is 4.70. The molecule has 1 aromatic carbocycles. The Bertz CT molecular complexity index is 754. The average Bonchev–Trinajstić information content (AvgIpc) is 2.75. The molecule has 4 nitrogen and oxygen atoms in total. The van der Waals surface area contributed by atoms with E-state index < -0.39 is 42.2 Å². The van der Waals surface area contributed by atoms with E-state index in [0.29, 0.717) is 0 Å². The lowest BCUT2D eigenvalue weighted by Crippen LogP contribution is -1.98. The summed E-state index contributed by atoms with van der Waals surface area (Å²) in [5.74, 6) is -2.08. The molecule has 0 saturated carbocycles. The van der Waals surface area contributed by atoms with Crippen molar-refractivity contribution in [3.63, 3.8) is 0 Å². The molecule has 0 aliphatic rings. The highest BCUT2D eigenvalue weighted by Gasteiger charge is 2.08. The first-order chi connectivity index (χ1) is 9.64. The molecule has 0 bridgehead atoms. The molecule has 2 rings (SSSR count). The Morgan fingerprint density at radius 2 is 2.53 bits per heavy atom. The molecule has 15 heavy (non-hydrogen) atoms. The van der Waals surface area contributed by atoms with Crippen molar-refractivity contribution in [2.75, 3.05) is 7.11 Å². The molecule has 0 aliphatic heterocycles. The van der Waals surface area contributed by atoms with Crippen molar-refractivity contribution in [3.05, 3.63) is 29.9 Å². The van der Waals surface area contributed by atoms with E-state index >= 15 is 0 Å². The third-order valence-electron chi connectivity index (χ3n) is 1.79. The van der Waals surface area contributed by atoms with Crippen molar-refractivity contribution >= 4 is 16.9 Å². The number of carbonyl (C=O) groups is 1. The summed E-state index contributed by atoms with van der Waals surface area (Å²) in [6, 6.07) is -1.21. The zero-order chi connectivity index (χ0) is 16.1. The Morgan fingerprint density at radius 3 is 3.20 bits per heavy atom. The van der Waals surface area contributed by atoms with Gasteiger partial charge in [0.1, 0.15) is 5.75 Å². The maximum atomic E-state index is 11.1. The summed E-state index contributed by atoms with van der Waals surface area (Å²) < 4.78 is 51.3. The molecule has 0 atom stereocenters. The fourth-order valence-electron chi connectivity index (χ4n) is 1.16. The summed E-state index contributed by atoms with van der Waals surface area (Å²) in [6.45, 7) is 0. The summed E-state index contributed by atoms with van der Waals surface area (Å²) in [5.41, 5.74) is -0.683. The van der Waals surface area contributed by atoms with Crippen LogP contribution in [-0.2, 0) is 11.2 Å². The minimum Gasteiger partial charge on any atom is -0.497 e. The number of nitrogens with one attached hydrogen (secondary N) is 1. The van der Waals surface area contributed by atoms with Gasteiger partial charge in [-0.3, -0.25) is 4.79 Å². The molecular formula is C11H11NO3. The Balaban J connectivity index is 3.02. The van der Waals surface area contributed by atoms with E-state index in [1.807, 2.05) is 0 Å². The first-order valence-electron chi connectivity index (χ1n) is 7.04. The van der Waals surface area contributed by atoms with E-state index in [-0.39, 0.29) is 16.7 Å². The standard InChI is InChI=1S/C11H11NO3/c1-15-8-2-3-10-9(5-8)7(6-12-10)4-11(13)14/h2-3,5-6,12H,4H2,1H3,(H,13,14)/i2D,3D,4D2,5D,6D. The lowest BCUT2D eigenvalue weighted by molar-refractivity contribution is -0.136. The Labute approximate surface area is 94.9 Å². The number of aromatic nitrogens is 1. The van der Waals surface area contributed by atoms with Gasteiger partial charge in [0, 0.05) is 19.8 Å². The first-order valence-corrected chi connectivity index (χ1v) is 4.04. The van der Waals surface area contributed by atoms with Gasteiger partial charge in [0.25, 0.3) is 0 Å². The minimum atomic E-state index is -2.91. The van der Waals surface area contributed by atoms with E-state index in [4.69, 9.17) is 18.1 Å². The molecule has 1 aromatic heterocycles. The molecule has 2 N–H and O–H groups in total. The highest BCUT2D eigenvalue weighted by molar-refractivity contribution is 5.87. The van der Waals surface area contributed by atoms with Crippen LogP contribution >= 0.6 is 0 Å². The molecule has 0 amide bonds. The lowest BCUT2D eigenvalue weighted by atomic mass is 10.1.